The van der Waals surface area contributed by atoms with Crippen LogP contribution >= 0.6 is 0 Å². The number of hydrogen-bond acceptors (Lipinski definition) is 5. The van der Waals surface area contributed by atoms with Crippen molar-refractivity contribution in [1.29, 1.82) is 0 Å². The lowest BCUT2D eigenvalue weighted by Gasteiger charge is -2.25. The number of alkyl carbamates (subject to hydrolysis) is 1. The van der Waals surface area contributed by atoms with Crippen molar-refractivity contribution in [2.24, 2.45) is 0 Å². The van der Waals surface area contributed by atoms with E-state index in [1.807, 2.05) is 0 Å². The van der Waals surface area contributed by atoms with E-state index in [9.17, 15) is 9.59 Å². The van der Waals surface area contributed by atoms with E-state index in [1.54, 1.807) is 41.5 Å². The molecule has 19 heavy (non-hydrogen) atoms. The molecule has 6 nitrogen and oxygen atoms in total. The molecule has 0 unspecified atom stereocenters. The van der Waals surface area contributed by atoms with E-state index in [0.29, 0.717) is 0 Å². The third-order valence-corrected chi connectivity index (χ3v) is 1.67. The molecule has 0 aliphatic heterocycles. The Bertz CT molecular complexity index is 346. The topological polar surface area (TPSA) is 84.9 Å². The van der Waals surface area contributed by atoms with Gasteiger partial charge in [0.2, 0.25) is 0 Å². The third-order valence-electron chi connectivity index (χ3n) is 1.67. The van der Waals surface area contributed by atoms with E-state index in [2.05, 4.69) is 5.32 Å². The Morgan fingerprint density at radius 1 is 1.16 bits per heavy atom. The van der Waals surface area contributed by atoms with E-state index in [-0.39, 0.29) is 0 Å². The van der Waals surface area contributed by atoms with Gasteiger partial charge in [-0.1, -0.05) is 0 Å². The van der Waals surface area contributed by atoms with Crippen molar-refractivity contribution in [3.8, 4) is 0 Å². The summed E-state index contributed by atoms with van der Waals surface area (Å²) in [6.45, 7) is 9.48. The summed E-state index contributed by atoms with van der Waals surface area (Å²) in [5.74, 6) is -0.780. The fourth-order valence-corrected chi connectivity index (χ4v) is 1.12. The zero-order valence-corrected chi connectivity index (χ0v) is 12.4. The number of carbonyl (C=O) groups excluding carboxylic acids is 2. The van der Waals surface area contributed by atoms with Crippen LogP contribution in [-0.4, -0.2) is 41.0 Å². The van der Waals surface area contributed by atoms with Crippen molar-refractivity contribution in [2.45, 2.75) is 65.2 Å². The van der Waals surface area contributed by atoms with Crippen LogP contribution in [0.3, 0.4) is 0 Å². The fourth-order valence-electron chi connectivity index (χ4n) is 1.12. The Morgan fingerprint density at radius 2 is 1.63 bits per heavy atom. The van der Waals surface area contributed by atoms with Crippen molar-refractivity contribution in [1.82, 2.24) is 5.32 Å². The standard InChI is InChI=1S/C13H25NO5/c1-12(2,3)18-10(16)9(7-8-15)14-11(17)19-13(4,5)6/h9,15H,7-8H2,1-6H3,(H,14,17)/t9-/m0/s1/i7D/t7-,9-. The van der Waals surface area contributed by atoms with Crippen LogP contribution in [0, 0.1) is 0 Å². The maximum Gasteiger partial charge on any atom is 0.408 e. The average Bonchev–Trinajstić information content (AvgIpc) is 2.19. The molecule has 6 heteroatoms. The molecule has 0 aliphatic carbocycles. The number of aliphatic hydroxyl groups excluding tert-OH is 1. The molecule has 0 saturated carbocycles. The molecule has 0 saturated heterocycles. The van der Waals surface area contributed by atoms with Gasteiger partial charge in [-0.05, 0) is 41.5 Å². The number of carbonyl (C=O) groups is 2. The Hall–Kier alpha value is -1.30. The second-order valence-electron chi connectivity index (χ2n) is 6.08. The summed E-state index contributed by atoms with van der Waals surface area (Å²) in [6.07, 6.45) is -2.06. The molecule has 2 atom stereocenters. The predicted octanol–water partition coefficient (Wildman–Crippen LogP) is 1.60. The molecule has 112 valence electrons. The number of nitrogens with one attached hydrogen (secondary N) is 1. The Balaban J connectivity index is 4.82. The van der Waals surface area contributed by atoms with Crippen LogP contribution in [0.2, 0.25) is 0 Å². The highest BCUT2D eigenvalue weighted by Gasteiger charge is 2.28. The van der Waals surface area contributed by atoms with Gasteiger partial charge in [0, 0.05) is 14.4 Å². The first-order chi connectivity index (χ1) is 8.85. The Morgan fingerprint density at radius 3 is 2.00 bits per heavy atom. The van der Waals surface area contributed by atoms with Crippen molar-refractivity contribution >= 4 is 12.1 Å². The molecule has 0 radical (unpaired) electrons. The fraction of sp³-hybridized carbons (Fsp3) is 0.846. The molecule has 0 spiro atoms. The SMILES string of the molecule is [2H][C@@H](CO)[C@H](NC(=O)OC(C)(C)C)C(=O)OC(C)(C)C. The molecule has 1 amide bonds. The highest BCUT2D eigenvalue weighted by atomic mass is 16.6. The Kier molecular flexibility index (Phi) is 5.60. The summed E-state index contributed by atoms with van der Waals surface area (Å²) < 4.78 is 17.8. The molecular formula is C13H25NO5. The van der Waals surface area contributed by atoms with Crippen LogP contribution in [-0.2, 0) is 14.3 Å². The van der Waals surface area contributed by atoms with Crippen LogP contribution in [0.5, 0.6) is 0 Å². The molecule has 0 bridgehead atoms. The largest absolute Gasteiger partial charge is 0.458 e. The quantitative estimate of drug-likeness (QED) is 0.762. The zero-order chi connectivity index (χ0) is 16.1. The van der Waals surface area contributed by atoms with Gasteiger partial charge in [-0.15, -0.1) is 0 Å². The summed E-state index contributed by atoms with van der Waals surface area (Å²) in [5, 5.41) is 11.3. The molecular weight excluding hydrogens is 250 g/mol. The van der Waals surface area contributed by atoms with E-state index in [4.69, 9.17) is 16.0 Å². The molecule has 0 heterocycles. The zero-order valence-electron chi connectivity index (χ0n) is 13.4. The monoisotopic (exact) mass is 276 g/mol. The van der Waals surface area contributed by atoms with Gasteiger partial charge in [-0.3, -0.25) is 0 Å². The minimum absolute atomic E-state index is 0.584. The molecule has 2 N–H and O–H groups in total. The minimum atomic E-state index is -1.28. The smallest absolute Gasteiger partial charge is 0.408 e. The van der Waals surface area contributed by atoms with Crippen molar-refractivity contribution in [2.75, 3.05) is 6.61 Å². The van der Waals surface area contributed by atoms with Gasteiger partial charge in [0.05, 0.1) is 0 Å². The molecule has 0 rings (SSSR count). The number of aliphatic hydroxyl groups is 1. The highest BCUT2D eigenvalue weighted by Crippen LogP contribution is 2.11. The summed E-state index contributed by atoms with van der Waals surface area (Å²) >= 11 is 0. The Labute approximate surface area is 115 Å². The molecule has 0 aromatic rings. The molecule has 0 aliphatic rings. The number of ether oxygens (including phenoxy) is 2. The van der Waals surface area contributed by atoms with Gasteiger partial charge in [0.1, 0.15) is 17.2 Å². The third kappa shape index (κ3) is 9.30. The predicted molar refractivity (Wildman–Crippen MR) is 70.7 cm³/mol. The van der Waals surface area contributed by atoms with Gasteiger partial charge < -0.3 is 19.9 Å². The van der Waals surface area contributed by atoms with E-state index in [1.165, 1.54) is 0 Å². The van der Waals surface area contributed by atoms with Crippen LogP contribution in [0.25, 0.3) is 0 Å². The number of rotatable bonds is 4. The number of esters is 1. The highest BCUT2D eigenvalue weighted by molar-refractivity contribution is 5.81. The minimum Gasteiger partial charge on any atom is -0.458 e. The second-order valence-corrected chi connectivity index (χ2v) is 6.08. The van der Waals surface area contributed by atoms with Gasteiger partial charge in [0.25, 0.3) is 0 Å². The maximum absolute atomic E-state index is 11.9. The van der Waals surface area contributed by atoms with Crippen LogP contribution in [0.1, 0.15) is 49.3 Å². The lowest BCUT2D eigenvalue weighted by molar-refractivity contribution is -0.157. The van der Waals surface area contributed by atoms with Gasteiger partial charge in [-0.2, -0.15) is 0 Å². The average molecular weight is 276 g/mol. The van der Waals surface area contributed by atoms with E-state index >= 15 is 0 Å². The molecule has 0 aromatic heterocycles. The van der Waals surface area contributed by atoms with Gasteiger partial charge in [-0.25, -0.2) is 9.59 Å². The van der Waals surface area contributed by atoms with Gasteiger partial charge in [0.15, 0.2) is 0 Å². The van der Waals surface area contributed by atoms with E-state index in [0.717, 1.165) is 0 Å². The van der Waals surface area contributed by atoms with Crippen LogP contribution in [0.15, 0.2) is 0 Å². The summed E-state index contributed by atoms with van der Waals surface area (Å²) in [4.78, 5) is 23.6. The second kappa shape index (κ2) is 6.75. The first-order valence-electron chi connectivity index (χ1n) is 6.69. The number of hydrogen-bond donors (Lipinski definition) is 2. The maximum atomic E-state index is 11.9. The summed E-state index contributed by atoms with van der Waals surface area (Å²) in [6, 6.07) is -1.28. The van der Waals surface area contributed by atoms with Crippen molar-refractivity contribution in [3.63, 3.8) is 0 Å². The number of amides is 1. The normalized spacial score (nSPS) is 16.1. The van der Waals surface area contributed by atoms with E-state index < -0.39 is 42.3 Å². The van der Waals surface area contributed by atoms with Crippen LogP contribution < -0.4 is 5.32 Å². The lowest BCUT2D eigenvalue weighted by atomic mass is 10.1. The first-order valence-corrected chi connectivity index (χ1v) is 6.11. The van der Waals surface area contributed by atoms with Crippen LogP contribution in [0.4, 0.5) is 4.79 Å². The van der Waals surface area contributed by atoms with Crippen molar-refractivity contribution < 1.29 is 25.5 Å². The van der Waals surface area contributed by atoms with Gasteiger partial charge >= 0.3 is 12.1 Å². The lowest BCUT2D eigenvalue weighted by Crippen LogP contribution is -2.46. The molecule has 0 fully saturated rings. The first kappa shape index (κ1) is 15.8. The van der Waals surface area contributed by atoms with Crippen molar-refractivity contribution in [3.05, 3.63) is 0 Å². The summed E-state index contributed by atoms with van der Waals surface area (Å²) in [7, 11) is 0. The summed E-state index contributed by atoms with van der Waals surface area (Å²) in [5.41, 5.74) is -1.47. The molecule has 0 aromatic carbocycles.